The van der Waals surface area contributed by atoms with Crippen molar-refractivity contribution in [2.75, 3.05) is 26.4 Å². The van der Waals surface area contributed by atoms with E-state index < -0.39 is 35.1 Å². The summed E-state index contributed by atoms with van der Waals surface area (Å²) in [5.41, 5.74) is -1.25. The second-order valence-electron chi connectivity index (χ2n) is 7.67. The molecule has 28 heavy (non-hydrogen) atoms. The van der Waals surface area contributed by atoms with Crippen molar-refractivity contribution < 1.29 is 42.9 Å². The lowest BCUT2D eigenvalue weighted by Crippen LogP contribution is -2.28. The average molecular weight is 402 g/mol. The summed E-state index contributed by atoms with van der Waals surface area (Å²) >= 11 is 0. The van der Waals surface area contributed by atoms with E-state index in [1.54, 1.807) is 34.6 Å². The lowest BCUT2D eigenvalue weighted by molar-refractivity contribution is -0.154. The molecular weight excluding hydrogens is 372 g/mol. The Morgan fingerprint density at radius 1 is 0.786 bits per heavy atom. The smallest absolute Gasteiger partial charge is 0.465 e. The number of carbonyl (C=O) groups excluding carboxylic acids is 4. The summed E-state index contributed by atoms with van der Waals surface area (Å²) in [6, 6.07) is 0. The molecule has 0 radical (unpaired) electrons. The maximum atomic E-state index is 11.7. The standard InChI is InChI=1S/C19H30O9/c1-7-14(20)26-12-19(5,6)13-27-16(22)9-8-15(21)24-10-11-25-17(23)28-18(2,3)4/h7H,1,8-13H2,2-6H3. The van der Waals surface area contributed by atoms with Crippen LogP contribution in [-0.4, -0.2) is 56.1 Å². The molecule has 9 heteroatoms. The topological polar surface area (TPSA) is 114 Å². The van der Waals surface area contributed by atoms with Crippen LogP contribution in [0.15, 0.2) is 12.7 Å². The molecule has 0 atom stereocenters. The van der Waals surface area contributed by atoms with Crippen molar-refractivity contribution in [3.05, 3.63) is 12.7 Å². The molecule has 0 rings (SSSR count). The lowest BCUT2D eigenvalue weighted by atomic mass is 9.96. The minimum absolute atomic E-state index is 0.0228. The van der Waals surface area contributed by atoms with Crippen LogP contribution in [-0.2, 0) is 38.1 Å². The van der Waals surface area contributed by atoms with Gasteiger partial charge in [0.15, 0.2) is 0 Å². The van der Waals surface area contributed by atoms with E-state index in [4.69, 9.17) is 23.7 Å². The number of carbonyl (C=O) groups is 4. The normalized spacial score (nSPS) is 11.2. The number of rotatable bonds is 11. The Hall–Kier alpha value is -2.58. The van der Waals surface area contributed by atoms with E-state index in [0.717, 1.165) is 6.08 Å². The van der Waals surface area contributed by atoms with Gasteiger partial charge < -0.3 is 23.7 Å². The highest BCUT2D eigenvalue weighted by Crippen LogP contribution is 2.16. The SMILES string of the molecule is C=CC(=O)OCC(C)(C)COC(=O)CCC(=O)OCCOC(=O)OC(C)(C)C. The van der Waals surface area contributed by atoms with E-state index in [-0.39, 0.29) is 39.3 Å². The lowest BCUT2D eigenvalue weighted by Gasteiger charge is -2.23. The van der Waals surface area contributed by atoms with Gasteiger partial charge in [-0.05, 0) is 20.8 Å². The van der Waals surface area contributed by atoms with E-state index in [9.17, 15) is 19.2 Å². The Kier molecular flexibility index (Phi) is 10.9. The van der Waals surface area contributed by atoms with Crippen LogP contribution in [0.3, 0.4) is 0 Å². The Balaban J connectivity index is 3.91. The van der Waals surface area contributed by atoms with Crippen LogP contribution in [0.4, 0.5) is 4.79 Å². The molecule has 0 saturated carbocycles. The largest absolute Gasteiger partial charge is 0.508 e. The fraction of sp³-hybridized carbons (Fsp3) is 0.684. The van der Waals surface area contributed by atoms with Gasteiger partial charge in [-0.2, -0.15) is 0 Å². The zero-order chi connectivity index (χ0) is 21.8. The Morgan fingerprint density at radius 2 is 1.29 bits per heavy atom. The van der Waals surface area contributed by atoms with E-state index in [0.29, 0.717) is 0 Å². The van der Waals surface area contributed by atoms with E-state index in [1.165, 1.54) is 0 Å². The minimum Gasteiger partial charge on any atom is -0.465 e. The van der Waals surface area contributed by atoms with Gasteiger partial charge >= 0.3 is 24.1 Å². The van der Waals surface area contributed by atoms with E-state index in [1.807, 2.05) is 0 Å². The van der Waals surface area contributed by atoms with Crippen LogP contribution in [0.25, 0.3) is 0 Å². The van der Waals surface area contributed by atoms with Gasteiger partial charge in [0.25, 0.3) is 0 Å². The first-order valence-corrected chi connectivity index (χ1v) is 8.81. The van der Waals surface area contributed by atoms with Crippen molar-refractivity contribution in [1.82, 2.24) is 0 Å². The Labute approximate surface area is 165 Å². The molecule has 0 spiro atoms. The van der Waals surface area contributed by atoms with Crippen molar-refractivity contribution >= 4 is 24.1 Å². The van der Waals surface area contributed by atoms with Crippen molar-refractivity contribution in [3.63, 3.8) is 0 Å². The fourth-order valence-corrected chi connectivity index (χ4v) is 1.55. The minimum atomic E-state index is -0.853. The van der Waals surface area contributed by atoms with Crippen molar-refractivity contribution in [3.8, 4) is 0 Å². The molecule has 0 N–H and O–H groups in total. The first-order chi connectivity index (χ1) is 12.8. The van der Waals surface area contributed by atoms with E-state index in [2.05, 4.69) is 6.58 Å². The molecule has 0 saturated heterocycles. The van der Waals surface area contributed by atoms with Crippen LogP contribution < -0.4 is 0 Å². The quantitative estimate of drug-likeness (QED) is 0.222. The highest BCUT2D eigenvalue weighted by Gasteiger charge is 2.23. The predicted molar refractivity (Wildman–Crippen MR) is 98.3 cm³/mol. The van der Waals surface area contributed by atoms with Crippen LogP contribution in [0.2, 0.25) is 0 Å². The fourth-order valence-electron chi connectivity index (χ4n) is 1.55. The van der Waals surface area contributed by atoms with Crippen molar-refractivity contribution in [1.29, 1.82) is 0 Å². The molecule has 0 aliphatic heterocycles. The highest BCUT2D eigenvalue weighted by atomic mass is 16.7. The molecule has 0 bridgehead atoms. The van der Waals surface area contributed by atoms with Gasteiger partial charge in [0.1, 0.15) is 18.8 Å². The van der Waals surface area contributed by atoms with Gasteiger partial charge in [-0.15, -0.1) is 0 Å². The van der Waals surface area contributed by atoms with Crippen LogP contribution in [0.5, 0.6) is 0 Å². The summed E-state index contributed by atoms with van der Waals surface area (Å²) in [6.45, 7) is 11.7. The molecule has 9 nitrogen and oxygen atoms in total. The first-order valence-electron chi connectivity index (χ1n) is 8.81. The Bertz CT molecular complexity index is 558. The predicted octanol–water partition coefficient (Wildman–Crippen LogP) is 2.56. The van der Waals surface area contributed by atoms with Crippen molar-refractivity contribution in [2.45, 2.75) is 53.1 Å². The molecule has 0 aromatic carbocycles. The zero-order valence-electron chi connectivity index (χ0n) is 17.2. The summed E-state index contributed by atoms with van der Waals surface area (Å²) in [7, 11) is 0. The van der Waals surface area contributed by atoms with Crippen LogP contribution >= 0.6 is 0 Å². The van der Waals surface area contributed by atoms with Crippen LogP contribution in [0, 0.1) is 5.41 Å². The third kappa shape index (κ3) is 14.6. The van der Waals surface area contributed by atoms with Crippen LogP contribution in [0.1, 0.15) is 47.5 Å². The second-order valence-corrected chi connectivity index (χ2v) is 7.67. The number of hydrogen-bond donors (Lipinski definition) is 0. The summed E-state index contributed by atoms with van der Waals surface area (Å²) in [4.78, 5) is 45.6. The third-order valence-corrected chi connectivity index (χ3v) is 2.88. The summed E-state index contributed by atoms with van der Waals surface area (Å²) in [6.07, 6.45) is -0.133. The Morgan fingerprint density at radius 3 is 1.82 bits per heavy atom. The monoisotopic (exact) mass is 402 g/mol. The van der Waals surface area contributed by atoms with E-state index >= 15 is 0 Å². The molecule has 0 aromatic rings. The van der Waals surface area contributed by atoms with Gasteiger partial charge in [-0.25, -0.2) is 9.59 Å². The molecule has 160 valence electrons. The average Bonchev–Trinajstić information content (AvgIpc) is 2.58. The maximum absolute atomic E-state index is 11.7. The van der Waals surface area contributed by atoms with Gasteiger partial charge in [-0.3, -0.25) is 9.59 Å². The molecular formula is C19H30O9. The third-order valence-electron chi connectivity index (χ3n) is 2.88. The molecule has 0 unspecified atom stereocenters. The maximum Gasteiger partial charge on any atom is 0.508 e. The molecule has 0 fully saturated rings. The molecule has 0 heterocycles. The van der Waals surface area contributed by atoms with Gasteiger partial charge in [0.05, 0.1) is 26.1 Å². The summed E-state index contributed by atoms with van der Waals surface area (Å²) in [5.74, 6) is -1.76. The molecule has 0 aliphatic rings. The van der Waals surface area contributed by atoms with Crippen molar-refractivity contribution in [2.24, 2.45) is 5.41 Å². The number of ether oxygens (including phenoxy) is 5. The molecule has 0 aromatic heterocycles. The second kappa shape index (κ2) is 12.0. The van der Waals surface area contributed by atoms with Gasteiger partial charge in [-0.1, -0.05) is 20.4 Å². The van der Waals surface area contributed by atoms with Gasteiger partial charge in [0.2, 0.25) is 0 Å². The van der Waals surface area contributed by atoms with Gasteiger partial charge in [0, 0.05) is 11.5 Å². The molecule has 0 aliphatic carbocycles. The summed E-state index contributed by atoms with van der Waals surface area (Å²) in [5, 5.41) is 0. The first kappa shape index (κ1) is 25.4. The zero-order valence-corrected chi connectivity index (χ0v) is 17.2. The highest BCUT2D eigenvalue weighted by molar-refractivity contribution is 5.81. The number of esters is 3. The summed E-state index contributed by atoms with van der Waals surface area (Å²) < 4.78 is 24.5. The number of hydrogen-bond acceptors (Lipinski definition) is 9. The molecule has 0 amide bonds.